The van der Waals surface area contributed by atoms with Gasteiger partial charge in [0.25, 0.3) is 5.91 Å². The zero-order valence-corrected chi connectivity index (χ0v) is 14.3. The molecule has 0 aliphatic rings. The maximum absolute atomic E-state index is 12.4. The molecule has 0 aliphatic heterocycles. The lowest BCUT2D eigenvalue weighted by molar-refractivity contribution is 0.0949. The Labute approximate surface area is 146 Å². The van der Waals surface area contributed by atoms with Gasteiger partial charge in [-0.1, -0.05) is 24.3 Å². The van der Waals surface area contributed by atoms with Crippen LogP contribution < -0.4 is 14.8 Å². The molecule has 0 radical (unpaired) electrons. The van der Waals surface area contributed by atoms with Crippen LogP contribution in [0.2, 0.25) is 0 Å². The number of aromatic nitrogens is 1. The molecule has 3 aromatic rings. The molecule has 1 N–H and O–H groups in total. The van der Waals surface area contributed by atoms with Gasteiger partial charge in [0, 0.05) is 18.0 Å². The molecule has 0 saturated carbocycles. The van der Waals surface area contributed by atoms with E-state index in [0.717, 1.165) is 28.6 Å². The summed E-state index contributed by atoms with van der Waals surface area (Å²) in [4.78, 5) is 16.8. The van der Waals surface area contributed by atoms with Crippen LogP contribution in [-0.2, 0) is 6.42 Å². The number of nitrogens with zero attached hydrogens (tertiary/aromatic N) is 1. The van der Waals surface area contributed by atoms with Crippen molar-refractivity contribution in [2.45, 2.75) is 6.42 Å². The van der Waals surface area contributed by atoms with Crippen molar-refractivity contribution in [2.75, 3.05) is 20.8 Å². The second-order valence-corrected chi connectivity index (χ2v) is 5.58. The lowest BCUT2D eigenvalue weighted by Crippen LogP contribution is -2.26. The van der Waals surface area contributed by atoms with E-state index in [0.29, 0.717) is 18.0 Å². The van der Waals surface area contributed by atoms with Crippen LogP contribution in [0.15, 0.2) is 54.6 Å². The standard InChI is InChI=1S/C20H20N2O3/c1-24-15-9-7-14(8-10-15)11-12-21-20(23)18-13-19(25-2)16-5-3-4-6-17(16)22-18/h3-10,13H,11-12H2,1-2H3,(H,21,23). The van der Waals surface area contributed by atoms with E-state index in [9.17, 15) is 4.79 Å². The predicted molar refractivity (Wildman–Crippen MR) is 97.3 cm³/mol. The van der Waals surface area contributed by atoms with Crippen LogP contribution in [0.4, 0.5) is 0 Å². The van der Waals surface area contributed by atoms with Crippen LogP contribution in [0, 0.1) is 0 Å². The highest BCUT2D eigenvalue weighted by Crippen LogP contribution is 2.24. The van der Waals surface area contributed by atoms with E-state index >= 15 is 0 Å². The zero-order chi connectivity index (χ0) is 17.6. The number of ether oxygens (including phenoxy) is 2. The Morgan fingerprint density at radius 2 is 1.80 bits per heavy atom. The fourth-order valence-electron chi connectivity index (χ4n) is 2.63. The third-order valence-corrected chi connectivity index (χ3v) is 3.99. The number of methoxy groups -OCH3 is 2. The highest BCUT2D eigenvalue weighted by molar-refractivity contribution is 5.97. The average Bonchev–Trinajstić information content (AvgIpc) is 2.67. The van der Waals surface area contributed by atoms with Gasteiger partial charge in [-0.05, 0) is 36.2 Å². The summed E-state index contributed by atoms with van der Waals surface area (Å²) in [6.07, 6.45) is 0.737. The Morgan fingerprint density at radius 1 is 1.04 bits per heavy atom. The van der Waals surface area contributed by atoms with E-state index in [-0.39, 0.29) is 5.91 Å². The molecule has 25 heavy (non-hydrogen) atoms. The SMILES string of the molecule is COc1ccc(CCNC(=O)c2cc(OC)c3ccccc3n2)cc1. The van der Waals surface area contributed by atoms with E-state index in [1.165, 1.54) is 0 Å². The molecule has 0 atom stereocenters. The zero-order valence-electron chi connectivity index (χ0n) is 14.3. The van der Waals surface area contributed by atoms with Gasteiger partial charge in [0.2, 0.25) is 0 Å². The number of hydrogen-bond donors (Lipinski definition) is 1. The summed E-state index contributed by atoms with van der Waals surface area (Å²) in [5.74, 6) is 1.25. The number of para-hydroxylation sites is 1. The van der Waals surface area contributed by atoms with E-state index in [1.807, 2.05) is 48.5 Å². The molecule has 0 unspecified atom stereocenters. The van der Waals surface area contributed by atoms with Crippen LogP contribution >= 0.6 is 0 Å². The third-order valence-electron chi connectivity index (χ3n) is 3.99. The minimum Gasteiger partial charge on any atom is -0.497 e. The van der Waals surface area contributed by atoms with Crippen molar-refractivity contribution in [3.05, 3.63) is 65.9 Å². The number of fused-ring (bicyclic) bond motifs is 1. The smallest absolute Gasteiger partial charge is 0.270 e. The molecule has 1 aromatic heterocycles. The average molecular weight is 336 g/mol. The van der Waals surface area contributed by atoms with Gasteiger partial charge in [0.1, 0.15) is 17.2 Å². The van der Waals surface area contributed by atoms with E-state index in [1.54, 1.807) is 20.3 Å². The summed E-state index contributed by atoms with van der Waals surface area (Å²) in [7, 11) is 3.23. The van der Waals surface area contributed by atoms with Crippen molar-refractivity contribution in [1.29, 1.82) is 0 Å². The highest BCUT2D eigenvalue weighted by Gasteiger charge is 2.12. The maximum Gasteiger partial charge on any atom is 0.270 e. The molecule has 5 nitrogen and oxygen atoms in total. The first-order valence-electron chi connectivity index (χ1n) is 8.06. The van der Waals surface area contributed by atoms with Crippen molar-refractivity contribution in [1.82, 2.24) is 10.3 Å². The maximum atomic E-state index is 12.4. The second-order valence-electron chi connectivity index (χ2n) is 5.58. The Hall–Kier alpha value is -3.08. The molecular formula is C20H20N2O3. The largest absolute Gasteiger partial charge is 0.497 e. The summed E-state index contributed by atoms with van der Waals surface area (Å²) in [5, 5.41) is 3.79. The molecule has 2 aromatic carbocycles. The van der Waals surface area contributed by atoms with Gasteiger partial charge in [-0.15, -0.1) is 0 Å². The van der Waals surface area contributed by atoms with Crippen molar-refractivity contribution in [3.63, 3.8) is 0 Å². The molecule has 0 aliphatic carbocycles. The Balaban J connectivity index is 1.67. The van der Waals surface area contributed by atoms with Gasteiger partial charge in [-0.3, -0.25) is 4.79 Å². The molecule has 0 bridgehead atoms. The summed E-state index contributed by atoms with van der Waals surface area (Å²) < 4.78 is 10.5. The van der Waals surface area contributed by atoms with Gasteiger partial charge in [0.05, 0.1) is 19.7 Å². The van der Waals surface area contributed by atoms with Crippen molar-refractivity contribution >= 4 is 16.8 Å². The quantitative estimate of drug-likeness (QED) is 0.751. The van der Waals surface area contributed by atoms with E-state index in [4.69, 9.17) is 9.47 Å². The molecule has 0 spiro atoms. The molecule has 0 saturated heterocycles. The fraction of sp³-hybridized carbons (Fsp3) is 0.200. The van der Waals surface area contributed by atoms with E-state index < -0.39 is 0 Å². The van der Waals surface area contributed by atoms with E-state index in [2.05, 4.69) is 10.3 Å². The van der Waals surface area contributed by atoms with Gasteiger partial charge < -0.3 is 14.8 Å². The van der Waals surface area contributed by atoms with Crippen molar-refractivity contribution in [2.24, 2.45) is 0 Å². The molecular weight excluding hydrogens is 316 g/mol. The van der Waals surface area contributed by atoms with Crippen LogP contribution in [0.1, 0.15) is 16.1 Å². The highest BCUT2D eigenvalue weighted by atomic mass is 16.5. The number of carbonyl (C=O) groups is 1. The van der Waals surface area contributed by atoms with Crippen LogP contribution in [0.3, 0.4) is 0 Å². The third kappa shape index (κ3) is 3.88. The molecule has 1 amide bonds. The van der Waals surface area contributed by atoms with Crippen LogP contribution in [0.25, 0.3) is 10.9 Å². The molecule has 5 heteroatoms. The van der Waals surface area contributed by atoms with Gasteiger partial charge >= 0.3 is 0 Å². The summed E-state index contributed by atoms with van der Waals surface area (Å²) >= 11 is 0. The number of amides is 1. The van der Waals surface area contributed by atoms with Crippen molar-refractivity contribution < 1.29 is 14.3 Å². The second kappa shape index (κ2) is 7.66. The Kier molecular flexibility index (Phi) is 5.14. The van der Waals surface area contributed by atoms with Gasteiger partial charge in [-0.2, -0.15) is 0 Å². The first kappa shape index (κ1) is 16.8. The van der Waals surface area contributed by atoms with Crippen LogP contribution in [0.5, 0.6) is 11.5 Å². The number of nitrogens with one attached hydrogen (secondary N) is 1. The lowest BCUT2D eigenvalue weighted by atomic mass is 10.1. The summed E-state index contributed by atoms with van der Waals surface area (Å²) in [5.41, 5.74) is 2.22. The number of rotatable bonds is 6. The molecule has 1 heterocycles. The first-order valence-corrected chi connectivity index (χ1v) is 8.06. The number of benzene rings is 2. The Bertz CT molecular complexity index is 876. The normalized spacial score (nSPS) is 10.5. The van der Waals surface area contributed by atoms with Crippen LogP contribution in [-0.4, -0.2) is 31.7 Å². The predicted octanol–water partition coefficient (Wildman–Crippen LogP) is 3.22. The van der Waals surface area contributed by atoms with Gasteiger partial charge in [-0.25, -0.2) is 4.98 Å². The lowest BCUT2D eigenvalue weighted by Gasteiger charge is -2.09. The number of carbonyl (C=O) groups excluding carboxylic acids is 1. The monoisotopic (exact) mass is 336 g/mol. The number of hydrogen-bond acceptors (Lipinski definition) is 4. The minimum atomic E-state index is -0.211. The Morgan fingerprint density at radius 3 is 2.52 bits per heavy atom. The number of pyridine rings is 1. The minimum absolute atomic E-state index is 0.211. The topological polar surface area (TPSA) is 60.5 Å². The fourth-order valence-corrected chi connectivity index (χ4v) is 2.63. The first-order chi connectivity index (χ1) is 12.2. The summed E-state index contributed by atoms with van der Waals surface area (Å²) in [6.45, 7) is 0.530. The molecule has 0 fully saturated rings. The molecule has 3 rings (SSSR count). The molecule has 128 valence electrons. The van der Waals surface area contributed by atoms with Gasteiger partial charge in [0.15, 0.2) is 0 Å². The van der Waals surface area contributed by atoms with Crippen molar-refractivity contribution in [3.8, 4) is 11.5 Å². The summed E-state index contributed by atoms with van der Waals surface area (Å²) in [6, 6.07) is 17.1.